The Hall–Kier alpha value is -0.800. The zero-order valence-electron chi connectivity index (χ0n) is 9.83. The van der Waals surface area contributed by atoms with Gasteiger partial charge in [-0.2, -0.15) is 0 Å². The largest absolute Gasteiger partial charge is 0.468 e. The Morgan fingerprint density at radius 1 is 1.40 bits per heavy atom. The first-order valence-corrected chi connectivity index (χ1v) is 5.74. The number of nitrogens with zero attached hydrogens (tertiary/aromatic N) is 1. The highest BCUT2D eigenvalue weighted by Crippen LogP contribution is 2.04. The summed E-state index contributed by atoms with van der Waals surface area (Å²) in [5, 5.41) is 3.33. The minimum absolute atomic E-state index is 0.911. The van der Waals surface area contributed by atoms with E-state index in [2.05, 4.69) is 24.2 Å². The van der Waals surface area contributed by atoms with Crippen molar-refractivity contribution in [2.24, 2.45) is 0 Å². The van der Waals surface area contributed by atoms with E-state index >= 15 is 0 Å². The molecule has 0 saturated heterocycles. The van der Waals surface area contributed by atoms with Crippen molar-refractivity contribution in [2.75, 3.05) is 26.7 Å². The van der Waals surface area contributed by atoms with Crippen LogP contribution in [-0.2, 0) is 6.54 Å². The van der Waals surface area contributed by atoms with Crippen LogP contribution in [0.1, 0.15) is 25.5 Å². The molecule has 0 spiro atoms. The highest BCUT2D eigenvalue weighted by molar-refractivity contribution is 4.97. The topological polar surface area (TPSA) is 28.4 Å². The number of unbranched alkanes of at least 4 members (excludes halogenated alkanes) is 1. The number of rotatable bonds is 8. The van der Waals surface area contributed by atoms with Crippen LogP contribution in [-0.4, -0.2) is 31.6 Å². The van der Waals surface area contributed by atoms with Gasteiger partial charge in [0.1, 0.15) is 5.76 Å². The van der Waals surface area contributed by atoms with Crippen molar-refractivity contribution in [3.05, 3.63) is 24.2 Å². The average molecular weight is 210 g/mol. The third-order valence-electron chi connectivity index (χ3n) is 2.40. The maximum Gasteiger partial charge on any atom is 0.117 e. The Bertz CT molecular complexity index is 234. The fraction of sp³-hybridized carbons (Fsp3) is 0.667. The van der Waals surface area contributed by atoms with Crippen LogP contribution in [0.25, 0.3) is 0 Å². The molecule has 0 amide bonds. The molecule has 1 rings (SSSR count). The van der Waals surface area contributed by atoms with E-state index in [0.717, 1.165) is 31.9 Å². The van der Waals surface area contributed by atoms with Crippen LogP contribution in [0.4, 0.5) is 0 Å². The van der Waals surface area contributed by atoms with Crippen LogP contribution in [0.15, 0.2) is 22.8 Å². The minimum Gasteiger partial charge on any atom is -0.468 e. The molecule has 0 aliphatic carbocycles. The third kappa shape index (κ3) is 5.60. The second-order valence-electron chi connectivity index (χ2n) is 3.88. The van der Waals surface area contributed by atoms with Gasteiger partial charge in [-0.05, 0) is 51.7 Å². The van der Waals surface area contributed by atoms with Gasteiger partial charge in [-0.1, -0.05) is 6.92 Å². The fourth-order valence-corrected chi connectivity index (χ4v) is 1.56. The maximum absolute atomic E-state index is 5.30. The van der Waals surface area contributed by atoms with Crippen LogP contribution in [0, 0.1) is 0 Å². The summed E-state index contributed by atoms with van der Waals surface area (Å²) in [5.41, 5.74) is 0. The van der Waals surface area contributed by atoms with Gasteiger partial charge < -0.3 is 9.73 Å². The molecule has 0 aliphatic heterocycles. The standard InChI is InChI=1S/C12H22N2O/c1-3-13-8-4-5-9-14(2)11-12-7-6-10-15-12/h6-7,10,13H,3-5,8-9,11H2,1-2H3. The van der Waals surface area contributed by atoms with Gasteiger partial charge in [0.05, 0.1) is 12.8 Å². The van der Waals surface area contributed by atoms with Gasteiger partial charge >= 0.3 is 0 Å². The normalized spacial score (nSPS) is 11.1. The molecular weight excluding hydrogens is 188 g/mol. The van der Waals surface area contributed by atoms with E-state index in [4.69, 9.17) is 4.42 Å². The molecule has 0 bridgehead atoms. The van der Waals surface area contributed by atoms with Gasteiger partial charge in [0.2, 0.25) is 0 Å². The zero-order chi connectivity index (χ0) is 10.9. The smallest absolute Gasteiger partial charge is 0.117 e. The molecule has 15 heavy (non-hydrogen) atoms. The van der Waals surface area contributed by atoms with Crippen LogP contribution in [0.3, 0.4) is 0 Å². The van der Waals surface area contributed by atoms with Gasteiger partial charge in [-0.25, -0.2) is 0 Å². The van der Waals surface area contributed by atoms with Crippen molar-refractivity contribution in [1.82, 2.24) is 10.2 Å². The molecule has 1 N–H and O–H groups in total. The molecule has 0 unspecified atom stereocenters. The Morgan fingerprint density at radius 2 is 2.27 bits per heavy atom. The fourth-order valence-electron chi connectivity index (χ4n) is 1.56. The van der Waals surface area contributed by atoms with Crippen molar-refractivity contribution in [1.29, 1.82) is 0 Å². The first-order chi connectivity index (χ1) is 7.33. The van der Waals surface area contributed by atoms with Crippen molar-refractivity contribution in [3.8, 4) is 0 Å². The highest BCUT2D eigenvalue weighted by atomic mass is 16.3. The summed E-state index contributed by atoms with van der Waals surface area (Å²) < 4.78 is 5.30. The monoisotopic (exact) mass is 210 g/mol. The number of hydrogen-bond acceptors (Lipinski definition) is 3. The van der Waals surface area contributed by atoms with Gasteiger partial charge in [-0.15, -0.1) is 0 Å². The molecule has 0 atom stereocenters. The van der Waals surface area contributed by atoms with Crippen LogP contribution in [0.2, 0.25) is 0 Å². The predicted molar refractivity (Wildman–Crippen MR) is 62.8 cm³/mol. The summed E-state index contributed by atoms with van der Waals surface area (Å²) in [4.78, 5) is 2.30. The Kier molecular flexibility index (Phi) is 6.12. The lowest BCUT2D eigenvalue weighted by atomic mass is 10.3. The van der Waals surface area contributed by atoms with E-state index in [1.807, 2.05) is 12.1 Å². The predicted octanol–water partition coefficient (Wildman–Crippen LogP) is 2.10. The Balaban J connectivity index is 2.01. The molecule has 1 aromatic heterocycles. The van der Waals surface area contributed by atoms with E-state index < -0.39 is 0 Å². The molecule has 0 aliphatic rings. The van der Waals surface area contributed by atoms with E-state index in [9.17, 15) is 0 Å². The SMILES string of the molecule is CCNCCCCN(C)Cc1ccco1. The van der Waals surface area contributed by atoms with Gasteiger partial charge in [-0.3, -0.25) is 4.90 Å². The third-order valence-corrected chi connectivity index (χ3v) is 2.40. The molecule has 0 radical (unpaired) electrons. The van der Waals surface area contributed by atoms with Crippen molar-refractivity contribution in [3.63, 3.8) is 0 Å². The van der Waals surface area contributed by atoms with E-state index in [1.165, 1.54) is 12.8 Å². The van der Waals surface area contributed by atoms with Crippen molar-refractivity contribution >= 4 is 0 Å². The van der Waals surface area contributed by atoms with Crippen LogP contribution < -0.4 is 5.32 Å². The summed E-state index contributed by atoms with van der Waals surface area (Å²) in [7, 11) is 2.13. The first-order valence-electron chi connectivity index (χ1n) is 5.74. The van der Waals surface area contributed by atoms with Crippen LogP contribution >= 0.6 is 0 Å². The maximum atomic E-state index is 5.30. The van der Waals surface area contributed by atoms with Crippen molar-refractivity contribution < 1.29 is 4.42 Å². The molecule has 3 nitrogen and oxygen atoms in total. The lowest BCUT2D eigenvalue weighted by Gasteiger charge is -2.14. The summed E-state index contributed by atoms with van der Waals surface area (Å²) >= 11 is 0. The van der Waals surface area contributed by atoms with E-state index in [1.54, 1.807) is 6.26 Å². The van der Waals surface area contributed by atoms with Crippen LogP contribution in [0.5, 0.6) is 0 Å². The summed E-state index contributed by atoms with van der Waals surface area (Å²) in [6.07, 6.45) is 4.22. The number of hydrogen-bond donors (Lipinski definition) is 1. The molecule has 0 fully saturated rings. The average Bonchev–Trinajstić information content (AvgIpc) is 2.70. The van der Waals surface area contributed by atoms with Gasteiger partial charge in [0, 0.05) is 0 Å². The van der Waals surface area contributed by atoms with Gasteiger partial charge in [0.15, 0.2) is 0 Å². The second kappa shape index (κ2) is 7.49. The van der Waals surface area contributed by atoms with E-state index in [-0.39, 0.29) is 0 Å². The summed E-state index contributed by atoms with van der Waals surface area (Å²) in [6.45, 7) is 6.39. The van der Waals surface area contributed by atoms with Gasteiger partial charge in [0.25, 0.3) is 0 Å². The lowest BCUT2D eigenvalue weighted by Crippen LogP contribution is -2.20. The number of furan rings is 1. The quantitative estimate of drug-likeness (QED) is 0.666. The van der Waals surface area contributed by atoms with E-state index in [0.29, 0.717) is 0 Å². The lowest BCUT2D eigenvalue weighted by molar-refractivity contribution is 0.289. The Labute approximate surface area is 92.5 Å². The molecule has 0 saturated carbocycles. The second-order valence-corrected chi connectivity index (χ2v) is 3.88. The highest BCUT2D eigenvalue weighted by Gasteiger charge is 2.01. The molecule has 0 aromatic carbocycles. The molecular formula is C12H22N2O. The Morgan fingerprint density at radius 3 is 2.93 bits per heavy atom. The van der Waals surface area contributed by atoms with Crippen molar-refractivity contribution in [2.45, 2.75) is 26.3 Å². The molecule has 3 heteroatoms. The molecule has 1 aromatic rings. The molecule has 86 valence electrons. The number of nitrogens with one attached hydrogen (secondary N) is 1. The summed E-state index contributed by atoms with van der Waals surface area (Å²) in [6, 6.07) is 3.96. The summed E-state index contributed by atoms with van der Waals surface area (Å²) in [5.74, 6) is 1.05. The molecule has 1 heterocycles. The zero-order valence-corrected chi connectivity index (χ0v) is 9.83. The first kappa shape index (κ1) is 12.3. The minimum atomic E-state index is 0.911.